The Bertz CT molecular complexity index is 429. The highest BCUT2D eigenvalue weighted by molar-refractivity contribution is 5.94. The first-order chi connectivity index (χ1) is 9.17. The van der Waals surface area contributed by atoms with Crippen molar-refractivity contribution in [1.82, 2.24) is 5.32 Å². The molecule has 0 radical (unpaired) electrons. The molecule has 104 valence electrons. The summed E-state index contributed by atoms with van der Waals surface area (Å²) in [6.07, 6.45) is 1.07. The first-order valence-electron chi connectivity index (χ1n) is 6.14. The SMILES string of the molecule is CCOc1ccc(C(=O)NCCC/C(N)=N/O)cc1. The van der Waals surface area contributed by atoms with E-state index in [1.807, 2.05) is 6.92 Å². The zero-order chi connectivity index (χ0) is 14.1. The first kappa shape index (κ1) is 14.8. The molecule has 1 aromatic carbocycles. The molecular weight excluding hydrogens is 246 g/mol. The molecule has 0 fully saturated rings. The largest absolute Gasteiger partial charge is 0.494 e. The summed E-state index contributed by atoms with van der Waals surface area (Å²) in [6, 6.07) is 6.94. The number of oxime groups is 1. The number of hydrogen-bond acceptors (Lipinski definition) is 4. The summed E-state index contributed by atoms with van der Waals surface area (Å²) in [7, 11) is 0. The van der Waals surface area contributed by atoms with Crippen molar-refractivity contribution in [1.29, 1.82) is 0 Å². The highest BCUT2D eigenvalue weighted by Gasteiger charge is 2.05. The monoisotopic (exact) mass is 265 g/mol. The maximum Gasteiger partial charge on any atom is 0.251 e. The molecule has 0 aliphatic carbocycles. The fraction of sp³-hybridized carbons (Fsp3) is 0.385. The van der Waals surface area contributed by atoms with Gasteiger partial charge in [-0.15, -0.1) is 0 Å². The van der Waals surface area contributed by atoms with E-state index >= 15 is 0 Å². The molecule has 1 aromatic rings. The highest BCUT2D eigenvalue weighted by Crippen LogP contribution is 2.11. The molecule has 6 nitrogen and oxygen atoms in total. The summed E-state index contributed by atoms with van der Waals surface area (Å²) in [5.74, 6) is 0.754. The lowest BCUT2D eigenvalue weighted by atomic mass is 10.2. The first-order valence-corrected chi connectivity index (χ1v) is 6.14. The fourth-order valence-corrected chi connectivity index (χ4v) is 1.49. The van der Waals surface area contributed by atoms with Crippen molar-refractivity contribution in [3.05, 3.63) is 29.8 Å². The lowest BCUT2D eigenvalue weighted by Gasteiger charge is -2.06. The van der Waals surface area contributed by atoms with Gasteiger partial charge in [0.25, 0.3) is 5.91 Å². The van der Waals surface area contributed by atoms with E-state index in [1.165, 1.54) is 0 Å². The Hall–Kier alpha value is -2.24. The van der Waals surface area contributed by atoms with E-state index in [4.69, 9.17) is 15.7 Å². The van der Waals surface area contributed by atoms with Crippen molar-refractivity contribution in [3.8, 4) is 5.75 Å². The molecule has 6 heteroatoms. The van der Waals surface area contributed by atoms with Crippen molar-refractivity contribution < 1.29 is 14.7 Å². The van der Waals surface area contributed by atoms with E-state index in [-0.39, 0.29) is 11.7 Å². The van der Waals surface area contributed by atoms with E-state index in [9.17, 15) is 4.79 Å². The van der Waals surface area contributed by atoms with Gasteiger partial charge in [0.1, 0.15) is 11.6 Å². The van der Waals surface area contributed by atoms with Crippen LogP contribution < -0.4 is 15.8 Å². The van der Waals surface area contributed by atoms with E-state index in [0.29, 0.717) is 31.6 Å². The predicted octanol–water partition coefficient (Wildman–Crippen LogP) is 1.34. The van der Waals surface area contributed by atoms with E-state index in [0.717, 1.165) is 5.75 Å². The average molecular weight is 265 g/mol. The molecule has 1 amide bonds. The van der Waals surface area contributed by atoms with Crippen LogP contribution in [0.3, 0.4) is 0 Å². The number of amides is 1. The number of rotatable bonds is 7. The number of nitrogens with zero attached hydrogens (tertiary/aromatic N) is 1. The molecule has 0 saturated heterocycles. The molecule has 1 rings (SSSR count). The molecular formula is C13H19N3O3. The minimum Gasteiger partial charge on any atom is -0.494 e. The number of ether oxygens (including phenoxy) is 1. The topological polar surface area (TPSA) is 96.9 Å². The van der Waals surface area contributed by atoms with Crippen molar-refractivity contribution in [2.24, 2.45) is 10.9 Å². The van der Waals surface area contributed by atoms with Gasteiger partial charge in [0, 0.05) is 18.5 Å². The maximum absolute atomic E-state index is 11.8. The quantitative estimate of drug-likeness (QED) is 0.228. The third kappa shape index (κ3) is 5.29. The van der Waals surface area contributed by atoms with Crippen molar-refractivity contribution in [2.75, 3.05) is 13.2 Å². The van der Waals surface area contributed by atoms with Crippen LogP contribution in [0, 0.1) is 0 Å². The molecule has 0 aliphatic heterocycles. The number of carbonyl (C=O) groups is 1. The third-order valence-electron chi connectivity index (χ3n) is 2.45. The standard InChI is InChI=1S/C13H19N3O3/c1-2-19-11-7-5-10(6-8-11)13(17)15-9-3-4-12(14)16-18/h5-8,18H,2-4,9H2,1H3,(H2,14,16)(H,15,17). The van der Waals surface area contributed by atoms with E-state index in [1.54, 1.807) is 24.3 Å². The van der Waals surface area contributed by atoms with Crippen LogP contribution in [0.15, 0.2) is 29.4 Å². The van der Waals surface area contributed by atoms with Crippen LogP contribution in [0.4, 0.5) is 0 Å². The number of nitrogens with two attached hydrogens (primary N) is 1. The van der Waals surface area contributed by atoms with Crippen LogP contribution in [0.25, 0.3) is 0 Å². The normalized spacial score (nSPS) is 11.1. The van der Waals surface area contributed by atoms with Crippen molar-refractivity contribution in [3.63, 3.8) is 0 Å². The van der Waals surface area contributed by atoms with Crippen LogP contribution in [-0.2, 0) is 0 Å². The van der Waals surface area contributed by atoms with Gasteiger partial charge in [0.15, 0.2) is 0 Å². The molecule has 0 saturated carbocycles. The number of amidine groups is 1. The van der Waals surface area contributed by atoms with Crippen molar-refractivity contribution >= 4 is 11.7 Å². The summed E-state index contributed by atoms with van der Waals surface area (Å²) in [5, 5.41) is 14.0. The Morgan fingerprint density at radius 2 is 2.11 bits per heavy atom. The van der Waals surface area contributed by atoms with Crippen LogP contribution in [0.5, 0.6) is 5.75 Å². The Balaban J connectivity index is 2.37. The molecule has 0 heterocycles. The summed E-state index contributed by atoms with van der Waals surface area (Å²) in [6.45, 7) is 2.98. The number of carbonyl (C=O) groups excluding carboxylic acids is 1. The van der Waals surface area contributed by atoms with Gasteiger partial charge in [-0.3, -0.25) is 4.79 Å². The lowest BCUT2D eigenvalue weighted by Crippen LogP contribution is -2.25. The fourth-order valence-electron chi connectivity index (χ4n) is 1.49. The Morgan fingerprint density at radius 1 is 1.42 bits per heavy atom. The zero-order valence-corrected chi connectivity index (χ0v) is 10.9. The zero-order valence-electron chi connectivity index (χ0n) is 10.9. The average Bonchev–Trinajstić information content (AvgIpc) is 2.44. The van der Waals surface area contributed by atoms with Crippen LogP contribution in [0.1, 0.15) is 30.1 Å². The molecule has 4 N–H and O–H groups in total. The Morgan fingerprint density at radius 3 is 2.68 bits per heavy atom. The molecule has 0 unspecified atom stereocenters. The summed E-state index contributed by atoms with van der Waals surface area (Å²) < 4.78 is 5.30. The molecule has 19 heavy (non-hydrogen) atoms. The van der Waals surface area contributed by atoms with Gasteiger partial charge in [0.2, 0.25) is 0 Å². The van der Waals surface area contributed by atoms with Gasteiger partial charge >= 0.3 is 0 Å². The highest BCUT2D eigenvalue weighted by atomic mass is 16.5. The van der Waals surface area contributed by atoms with Crippen molar-refractivity contribution in [2.45, 2.75) is 19.8 Å². The van der Waals surface area contributed by atoms with E-state index in [2.05, 4.69) is 10.5 Å². The number of hydrogen-bond donors (Lipinski definition) is 3. The number of benzene rings is 1. The van der Waals surface area contributed by atoms with Crippen LogP contribution >= 0.6 is 0 Å². The smallest absolute Gasteiger partial charge is 0.251 e. The molecule has 0 aliphatic rings. The summed E-state index contributed by atoms with van der Waals surface area (Å²) in [4.78, 5) is 11.8. The Labute approximate surface area is 112 Å². The molecule has 0 bridgehead atoms. The van der Waals surface area contributed by atoms with Gasteiger partial charge in [-0.05, 0) is 37.6 Å². The minimum absolute atomic E-state index is 0.150. The maximum atomic E-state index is 11.8. The van der Waals surface area contributed by atoms with Gasteiger partial charge in [-0.2, -0.15) is 0 Å². The van der Waals surface area contributed by atoms with Crippen LogP contribution in [-0.4, -0.2) is 30.1 Å². The van der Waals surface area contributed by atoms with Gasteiger partial charge in [0.05, 0.1) is 6.61 Å². The molecule has 0 spiro atoms. The van der Waals surface area contributed by atoms with Gasteiger partial charge < -0.3 is 21.0 Å². The third-order valence-corrected chi connectivity index (χ3v) is 2.45. The second-order valence-corrected chi connectivity index (χ2v) is 3.91. The van der Waals surface area contributed by atoms with Crippen LogP contribution in [0.2, 0.25) is 0 Å². The summed E-state index contributed by atoms with van der Waals surface area (Å²) >= 11 is 0. The summed E-state index contributed by atoms with van der Waals surface area (Å²) in [5.41, 5.74) is 5.90. The Kier molecular flexibility index (Phi) is 6.21. The minimum atomic E-state index is -0.150. The van der Waals surface area contributed by atoms with Gasteiger partial charge in [-0.1, -0.05) is 5.16 Å². The van der Waals surface area contributed by atoms with Gasteiger partial charge in [-0.25, -0.2) is 0 Å². The second kappa shape index (κ2) is 7.97. The number of nitrogens with one attached hydrogen (secondary N) is 1. The van der Waals surface area contributed by atoms with E-state index < -0.39 is 0 Å². The lowest BCUT2D eigenvalue weighted by molar-refractivity contribution is 0.0953. The molecule has 0 atom stereocenters. The second-order valence-electron chi connectivity index (χ2n) is 3.91. The predicted molar refractivity (Wildman–Crippen MR) is 72.6 cm³/mol. The molecule has 0 aromatic heterocycles.